The first-order valence-electron chi connectivity index (χ1n) is 14.0. The molecule has 2 heterocycles. The van der Waals surface area contributed by atoms with Gasteiger partial charge in [0.2, 0.25) is 0 Å². The van der Waals surface area contributed by atoms with Gasteiger partial charge in [-0.15, -0.1) is 0 Å². The topological polar surface area (TPSA) is 87.2 Å². The molecule has 0 fully saturated rings. The van der Waals surface area contributed by atoms with E-state index in [2.05, 4.69) is 57.0 Å². The number of aromatic nitrogens is 1. The minimum atomic E-state index is -0.510. The van der Waals surface area contributed by atoms with Crippen LogP contribution < -0.4 is 19.6 Å². The Kier molecular flexibility index (Phi) is 10.1. The molecule has 0 radical (unpaired) electrons. The quantitative estimate of drug-likeness (QED) is 0.106. The molecule has 10 heteroatoms. The van der Waals surface area contributed by atoms with Gasteiger partial charge in [-0.05, 0) is 96.9 Å². The van der Waals surface area contributed by atoms with Gasteiger partial charge < -0.3 is 23.2 Å². The minimum Gasteiger partial charge on any atom is -0.490 e. The zero-order valence-corrected chi connectivity index (χ0v) is 26.8. The lowest BCUT2D eigenvalue weighted by Crippen LogP contribution is -2.16. The number of halogens is 2. The van der Waals surface area contributed by atoms with Crippen molar-refractivity contribution in [3.8, 4) is 22.9 Å². The third kappa shape index (κ3) is 7.35. The molecule has 1 amide bonds. The summed E-state index contributed by atoms with van der Waals surface area (Å²) in [5.74, 6) is 1.66. The largest absolute Gasteiger partial charge is 0.490 e. The second-order valence-corrected chi connectivity index (χ2v) is 11.0. The number of carbonyl (C=O) groups excluding carboxylic acids is 1. The van der Waals surface area contributed by atoms with Crippen LogP contribution in [0.1, 0.15) is 45.8 Å². The maximum Gasteiger partial charge on any atom is 0.307 e. The van der Waals surface area contributed by atoms with Crippen molar-refractivity contribution < 1.29 is 23.4 Å². The molecule has 0 unspecified atom stereocenters. The molecule has 0 aliphatic rings. The highest BCUT2D eigenvalue weighted by molar-refractivity contribution is 9.10. The third-order valence-electron chi connectivity index (χ3n) is 6.68. The number of rotatable bonds is 12. The van der Waals surface area contributed by atoms with Crippen molar-refractivity contribution in [2.24, 2.45) is 5.10 Å². The van der Waals surface area contributed by atoms with Gasteiger partial charge in [-0.1, -0.05) is 41.9 Å². The molecular weight excluding hydrogens is 646 g/mol. The molecule has 8 nitrogen and oxygen atoms in total. The van der Waals surface area contributed by atoms with Crippen LogP contribution in [0.25, 0.3) is 5.69 Å². The van der Waals surface area contributed by atoms with Gasteiger partial charge in [0.05, 0.1) is 12.8 Å². The van der Waals surface area contributed by atoms with Gasteiger partial charge in [-0.3, -0.25) is 4.79 Å². The van der Waals surface area contributed by atoms with Crippen molar-refractivity contribution >= 4 is 39.7 Å². The average molecular weight is 677 g/mol. The first-order valence-corrected chi connectivity index (χ1v) is 15.1. The molecule has 0 spiro atoms. The Morgan fingerprint density at radius 2 is 1.68 bits per heavy atom. The van der Waals surface area contributed by atoms with Crippen LogP contribution in [0, 0.1) is 13.8 Å². The number of ether oxygens (including phenoxy) is 3. The summed E-state index contributed by atoms with van der Waals surface area (Å²) in [7, 11) is 0. The minimum absolute atomic E-state index is 0.103. The molecule has 2 aromatic heterocycles. The Labute approximate surface area is 269 Å². The Balaban J connectivity index is 1.18. The van der Waals surface area contributed by atoms with E-state index >= 15 is 0 Å². The van der Waals surface area contributed by atoms with Crippen LogP contribution in [-0.2, 0) is 13.2 Å². The highest BCUT2D eigenvalue weighted by Gasteiger charge is 2.18. The number of nitrogens with one attached hydrogen (secondary N) is 1. The van der Waals surface area contributed by atoms with E-state index in [4.69, 9.17) is 30.2 Å². The van der Waals surface area contributed by atoms with Gasteiger partial charge in [0, 0.05) is 27.1 Å². The second-order valence-electron chi connectivity index (χ2n) is 9.83. The molecule has 5 aromatic rings. The van der Waals surface area contributed by atoms with Gasteiger partial charge in [0.1, 0.15) is 29.7 Å². The summed E-state index contributed by atoms with van der Waals surface area (Å²) >= 11 is 10.1. The summed E-state index contributed by atoms with van der Waals surface area (Å²) in [6.07, 6.45) is 1.46. The smallest absolute Gasteiger partial charge is 0.307 e. The zero-order valence-electron chi connectivity index (χ0n) is 24.5. The SMILES string of the molecule is CCOc1cc(/C=N/NC(=O)c2ccc(COc3ccc(-n4c(C)ccc4C)cc3)o2)c(Br)c(Cl)c1OCc1ccccc1. The molecule has 5 rings (SSSR count). The number of hydrogen-bond acceptors (Lipinski definition) is 6. The molecule has 0 aliphatic heterocycles. The summed E-state index contributed by atoms with van der Waals surface area (Å²) < 4.78 is 26.0. The van der Waals surface area contributed by atoms with E-state index in [1.165, 1.54) is 6.21 Å². The highest BCUT2D eigenvalue weighted by Crippen LogP contribution is 2.42. The first-order chi connectivity index (χ1) is 21.3. The lowest BCUT2D eigenvalue weighted by molar-refractivity contribution is 0.0923. The molecule has 0 saturated heterocycles. The van der Waals surface area contributed by atoms with Crippen LogP contribution >= 0.6 is 27.5 Å². The zero-order chi connectivity index (χ0) is 31.1. The number of furan rings is 1. The maximum atomic E-state index is 12.7. The molecule has 0 saturated carbocycles. The molecule has 226 valence electrons. The highest BCUT2D eigenvalue weighted by atomic mass is 79.9. The Morgan fingerprint density at radius 1 is 0.955 bits per heavy atom. The van der Waals surface area contributed by atoms with Crippen molar-refractivity contribution in [2.45, 2.75) is 34.0 Å². The second kappa shape index (κ2) is 14.3. The van der Waals surface area contributed by atoms with Gasteiger partial charge in [0.15, 0.2) is 17.3 Å². The van der Waals surface area contributed by atoms with Crippen molar-refractivity contribution in [1.29, 1.82) is 0 Å². The van der Waals surface area contributed by atoms with Gasteiger partial charge in [-0.2, -0.15) is 5.10 Å². The normalized spacial score (nSPS) is 11.1. The standard InChI is InChI=1S/C34H31BrClN3O5/c1-4-41-30-18-25(31(35)32(36)33(30)43-20-24-8-6-5-7-9-24)19-37-38-34(40)29-17-16-28(44-29)21-42-27-14-12-26(13-15-27)39-22(2)10-11-23(39)3/h5-19H,4,20-21H2,1-3H3,(H,38,40)/b37-19+. The summed E-state index contributed by atoms with van der Waals surface area (Å²) in [5.41, 5.74) is 7.45. The monoisotopic (exact) mass is 675 g/mol. The third-order valence-corrected chi connectivity index (χ3v) is 8.13. The van der Waals surface area contributed by atoms with E-state index in [0.29, 0.717) is 51.3 Å². The van der Waals surface area contributed by atoms with E-state index in [1.54, 1.807) is 18.2 Å². The van der Waals surface area contributed by atoms with E-state index < -0.39 is 5.91 Å². The van der Waals surface area contributed by atoms with E-state index in [1.807, 2.05) is 61.5 Å². The number of nitrogens with zero attached hydrogens (tertiary/aromatic N) is 2. The summed E-state index contributed by atoms with van der Waals surface area (Å²) in [6.45, 7) is 6.92. The van der Waals surface area contributed by atoms with Crippen molar-refractivity contribution in [3.05, 3.63) is 128 Å². The van der Waals surface area contributed by atoms with Crippen LogP contribution in [0.3, 0.4) is 0 Å². The first kappa shape index (κ1) is 31.0. The van der Waals surface area contributed by atoms with Crippen LogP contribution in [0.2, 0.25) is 5.02 Å². The summed E-state index contributed by atoms with van der Waals surface area (Å²) in [5, 5.41) is 4.42. The Morgan fingerprint density at radius 3 is 2.39 bits per heavy atom. The van der Waals surface area contributed by atoms with E-state index in [0.717, 1.165) is 22.6 Å². The molecule has 0 bridgehead atoms. The van der Waals surface area contributed by atoms with Crippen LogP contribution in [0.5, 0.6) is 17.2 Å². The van der Waals surface area contributed by atoms with Gasteiger partial charge >= 0.3 is 5.91 Å². The molecule has 0 aliphatic carbocycles. The molecule has 3 aromatic carbocycles. The lowest BCUT2D eigenvalue weighted by Gasteiger charge is -2.16. The van der Waals surface area contributed by atoms with Crippen LogP contribution in [0.15, 0.2) is 98.9 Å². The predicted octanol–water partition coefficient (Wildman–Crippen LogP) is 8.42. The Bertz CT molecular complexity index is 1740. The molecule has 1 N–H and O–H groups in total. The van der Waals surface area contributed by atoms with Crippen LogP contribution in [0.4, 0.5) is 0 Å². The summed E-state index contributed by atoms with van der Waals surface area (Å²) in [6, 6.07) is 26.8. The van der Waals surface area contributed by atoms with Crippen molar-refractivity contribution in [1.82, 2.24) is 9.99 Å². The number of aryl methyl sites for hydroxylation is 2. The maximum absolute atomic E-state index is 12.7. The van der Waals surface area contributed by atoms with Gasteiger partial charge in [-0.25, -0.2) is 5.43 Å². The van der Waals surface area contributed by atoms with Gasteiger partial charge in [0.25, 0.3) is 0 Å². The number of hydrogen-bond donors (Lipinski definition) is 1. The number of carbonyl (C=O) groups is 1. The molecular formula is C34H31BrClN3O5. The number of benzene rings is 3. The van der Waals surface area contributed by atoms with Crippen molar-refractivity contribution in [3.63, 3.8) is 0 Å². The van der Waals surface area contributed by atoms with Crippen LogP contribution in [-0.4, -0.2) is 23.3 Å². The molecule has 0 atom stereocenters. The predicted molar refractivity (Wildman–Crippen MR) is 174 cm³/mol. The van der Waals surface area contributed by atoms with E-state index in [-0.39, 0.29) is 12.4 Å². The lowest BCUT2D eigenvalue weighted by atomic mass is 10.2. The number of hydrazone groups is 1. The molecule has 44 heavy (non-hydrogen) atoms. The number of amides is 1. The Hall–Kier alpha value is -4.47. The van der Waals surface area contributed by atoms with E-state index in [9.17, 15) is 4.79 Å². The fraction of sp³-hybridized carbons (Fsp3) is 0.176. The fourth-order valence-electron chi connectivity index (χ4n) is 4.54. The average Bonchev–Trinajstić information content (AvgIpc) is 3.65. The summed E-state index contributed by atoms with van der Waals surface area (Å²) in [4.78, 5) is 12.7. The fourth-order valence-corrected chi connectivity index (χ4v) is 5.19. The van der Waals surface area contributed by atoms with Crippen molar-refractivity contribution in [2.75, 3.05) is 6.61 Å².